The van der Waals surface area contributed by atoms with E-state index in [1.54, 1.807) is 57.3 Å². The first kappa shape index (κ1) is 32.0. The van der Waals surface area contributed by atoms with Gasteiger partial charge in [0.2, 0.25) is 0 Å². The highest BCUT2D eigenvalue weighted by atomic mass is 19.4. The largest absolute Gasteiger partial charge is 0.486 e. The highest BCUT2D eigenvalue weighted by molar-refractivity contribution is 5.94. The van der Waals surface area contributed by atoms with Crippen LogP contribution in [0.4, 0.5) is 13.2 Å². The van der Waals surface area contributed by atoms with Crippen molar-refractivity contribution in [1.82, 2.24) is 10.3 Å². The minimum Gasteiger partial charge on any atom is -0.486 e. The van der Waals surface area contributed by atoms with Gasteiger partial charge in [0.05, 0.1) is 17.7 Å². The van der Waals surface area contributed by atoms with Crippen molar-refractivity contribution in [2.75, 3.05) is 6.54 Å². The Labute approximate surface area is 251 Å². The minimum absolute atomic E-state index is 0.0821. The van der Waals surface area contributed by atoms with Crippen molar-refractivity contribution in [2.24, 2.45) is 5.92 Å². The summed E-state index contributed by atoms with van der Waals surface area (Å²) in [7, 11) is 0. The molecule has 1 aliphatic rings. The molecule has 0 saturated heterocycles. The number of nitrogens with zero attached hydrogens (tertiary/aromatic N) is 1. The van der Waals surface area contributed by atoms with E-state index in [1.807, 2.05) is 6.07 Å². The first-order valence-electron chi connectivity index (χ1n) is 14.8. The second kappa shape index (κ2) is 14.1. The first-order chi connectivity index (χ1) is 20.4. The van der Waals surface area contributed by atoms with Gasteiger partial charge in [0.1, 0.15) is 17.5 Å². The maximum absolute atomic E-state index is 13.0. The number of aromatic nitrogens is 1. The lowest BCUT2D eigenvalue weighted by molar-refractivity contribution is -0.154. The molecule has 1 fully saturated rings. The zero-order valence-electron chi connectivity index (χ0n) is 24.9. The predicted molar refractivity (Wildman–Crippen MR) is 158 cm³/mol. The van der Waals surface area contributed by atoms with Crippen molar-refractivity contribution in [2.45, 2.75) is 83.6 Å². The Morgan fingerprint density at radius 2 is 1.60 bits per heavy atom. The molecule has 4 rings (SSSR count). The molecular formula is C34H39F3N2O4. The monoisotopic (exact) mass is 596 g/mol. The van der Waals surface area contributed by atoms with Crippen LogP contribution in [0.15, 0.2) is 66.9 Å². The third kappa shape index (κ3) is 9.83. The summed E-state index contributed by atoms with van der Waals surface area (Å²) < 4.78 is 50.6. The molecule has 0 bridgehead atoms. The molecule has 1 aromatic heterocycles. The van der Waals surface area contributed by atoms with Crippen LogP contribution in [-0.4, -0.2) is 29.0 Å². The summed E-state index contributed by atoms with van der Waals surface area (Å²) in [6.45, 7) is 5.55. The third-order valence-electron chi connectivity index (χ3n) is 7.37. The molecule has 1 atom stereocenters. The van der Waals surface area contributed by atoms with Gasteiger partial charge in [-0.1, -0.05) is 50.3 Å². The Hall–Kier alpha value is -3.88. The second-order valence-electron chi connectivity index (χ2n) is 12.0. The first-order valence-corrected chi connectivity index (χ1v) is 14.8. The molecule has 3 aromatic rings. The number of esters is 1. The number of carbonyl (C=O) groups excluding carboxylic acids is 2. The van der Waals surface area contributed by atoms with Gasteiger partial charge in [0, 0.05) is 29.4 Å². The van der Waals surface area contributed by atoms with E-state index in [0.29, 0.717) is 28.5 Å². The highest BCUT2D eigenvalue weighted by Gasteiger charge is 2.30. The molecular weight excluding hydrogens is 557 g/mol. The smallest absolute Gasteiger partial charge is 0.416 e. The molecule has 1 heterocycles. The Kier molecular flexibility index (Phi) is 10.5. The van der Waals surface area contributed by atoms with Crippen LogP contribution in [0.2, 0.25) is 0 Å². The molecule has 1 amide bonds. The number of rotatable bonds is 10. The number of hydrogen-bond acceptors (Lipinski definition) is 5. The third-order valence-corrected chi connectivity index (χ3v) is 7.37. The van der Waals surface area contributed by atoms with Crippen molar-refractivity contribution in [3.63, 3.8) is 0 Å². The summed E-state index contributed by atoms with van der Waals surface area (Å²) in [4.78, 5) is 29.0. The topological polar surface area (TPSA) is 77.5 Å². The van der Waals surface area contributed by atoms with Crippen molar-refractivity contribution in [3.8, 4) is 17.0 Å². The van der Waals surface area contributed by atoms with Gasteiger partial charge in [0.15, 0.2) is 0 Å². The minimum atomic E-state index is -4.39. The van der Waals surface area contributed by atoms with Gasteiger partial charge in [-0.3, -0.25) is 14.6 Å². The van der Waals surface area contributed by atoms with Crippen molar-refractivity contribution in [1.29, 1.82) is 0 Å². The number of nitrogens with one attached hydrogen (secondary N) is 1. The zero-order valence-corrected chi connectivity index (χ0v) is 24.9. The average molecular weight is 597 g/mol. The van der Waals surface area contributed by atoms with Gasteiger partial charge in [0.25, 0.3) is 5.91 Å². The maximum Gasteiger partial charge on any atom is 0.416 e. The lowest BCUT2D eigenvalue weighted by Gasteiger charge is -2.27. The van der Waals surface area contributed by atoms with Crippen LogP contribution in [0.5, 0.6) is 5.75 Å². The quantitative estimate of drug-likeness (QED) is 0.238. The number of carbonyl (C=O) groups is 2. The Bertz CT molecular complexity index is 1340. The molecule has 0 unspecified atom stereocenters. The fourth-order valence-electron chi connectivity index (χ4n) is 5.20. The Balaban J connectivity index is 1.42. The standard InChI is InChI=1S/C34H39F3N2O4/c1-33(2,3)43-31(40)19-20-38-32(41)25-11-16-28(17-12-25)42-30(21-23-7-5-4-6-8-23)26-13-18-29(39-22-26)24-9-14-27(15-10-24)34(35,36)37/h9-18,22-23,30H,4-8,19-21H2,1-3H3,(H,38,41)/t30-/m0/s1. The van der Waals surface area contributed by atoms with Crippen molar-refractivity contribution >= 4 is 11.9 Å². The van der Waals surface area contributed by atoms with Gasteiger partial charge >= 0.3 is 12.1 Å². The van der Waals surface area contributed by atoms with Crippen LogP contribution in [0.25, 0.3) is 11.3 Å². The summed E-state index contributed by atoms with van der Waals surface area (Å²) in [5.41, 5.74) is 1.24. The second-order valence-corrected chi connectivity index (χ2v) is 12.0. The molecule has 0 spiro atoms. The molecule has 6 nitrogen and oxygen atoms in total. The average Bonchev–Trinajstić information content (AvgIpc) is 2.96. The summed E-state index contributed by atoms with van der Waals surface area (Å²) in [5, 5.41) is 2.74. The van der Waals surface area contributed by atoms with E-state index in [9.17, 15) is 22.8 Å². The fourth-order valence-corrected chi connectivity index (χ4v) is 5.20. The lowest BCUT2D eigenvalue weighted by atomic mass is 9.84. The van der Waals surface area contributed by atoms with Crippen LogP contribution >= 0.6 is 0 Å². The zero-order chi connectivity index (χ0) is 31.0. The van der Waals surface area contributed by atoms with Gasteiger partial charge in [-0.2, -0.15) is 13.2 Å². The van der Waals surface area contributed by atoms with Gasteiger partial charge in [-0.15, -0.1) is 0 Å². The van der Waals surface area contributed by atoms with E-state index in [1.165, 1.54) is 31.4 Å². The van der Waals surface area contributed by atoms with Crippen LogP contribution in [0.3, 0.4) is 0 Å². The number of benzene rings is 2. The van der Waals surface area contributed by atoms with Gasteiger partial charge < -0.3 is 14.8 Å². The molecule has 2 aromatic carbocycles. The summed E-state index contributed by atoms with van der Waals surface area (Å²) in [5.74, 6) is 0.459. The van der Waals surface area contributed by atoms with E-state index in [4.69, 9.17) is 9.47 Å². The SMILES string of the molecule is CC(C)(C)OC(=O)CCNC(=O)c1ccc(O[C@@H](CC2CCCCC2)c2ccc(-c3ccc(C(F)(F)F)cc3)nc2)cc1. The summed E-state index contributed by atoms with van der Waals surface area (Å²) in [6.07, 6.45) is 3.88. The van der Waals surface area contributed by atoms with E-state index in [0.717, 1.165) is 37.0 Å². The molecule has 1 saturated carbocycles. The summed E-state index contributed by atoms with van der Waals surface area (Å²) in [6, 6.07) is 15.6. The highest BCUT2D eigenvalue weighted by Crippen LogP contribution is 2.35. The van der Waals surface area contributed by atoms with E-state index >= 15 is 0 Å². The van der Waals surface area contributed by atoms with Crippen molar-refractivity contribution in [3.05, 3.63) is 83.6 Å². The Morgan fingerprint density at radius 3 is 2.19 bits per heavy atom. The van der Waals surface area contributed by atoms with E-state index in [-0.39, 0.29) is 30.9 Å². The number of amides is 1. The van der Waals surface area contributed by atoms with Gasteiger partial charge in [-0.05, 0) is 75.6 Å². The number of halogens is 3. The molecule has 1 aliphatic carbocycles. The summed E-state index contributed by atoms with van der Waals surface area (Å²) >= 11 is 0. The molecule has 9 heteroatoms. The van der Waals surface area contributed by atoms with Crippen LogP contribution in [0, 0.1) is 5.92 Å². The molecule has 0 aliphatic heterocycles. The lowest BCUT2D eigenvalue weighted by Crippen LogP contribution is -2.29. The van der Waals surface area contributed by atoms with Crippen molar-refractivity contribution < 1.29 is 32.2 Å². The van der Waals surface area contributed by atoms with E-state index < -0.39 is 17.3 Å². The van der Waals surface area contributed by atoms with Crippen LogP contribution in [-0.2, 0) is 15.7 Å². The maximum atomic E-state index is 13.0. The molecule has 0 radical (unpaired) electrons. The number of alkyl halides is 3. The van der Waals surface area contributed by atoms with Gasteiger partial charge in [-0.25, -0.2) is 0 Å². The van der Waals surface area contributed by atoms with Crippen LogP contribution in [0.1, 0.15) is 93.3 Å². The Morgan fingerprint density at radius 1 is 0.930 bits per heavy atom. The van der Waals surface area contributed by atoms with Crippen LogP contribution < -0.4 is 10.1 Å². The predicted octanol–water partition coefficient (Wildman–Crippen LogP) is 8.32. The number of pyridine rings is 1. The molecule has 1 N–H and O–H groups in total. The number of hydrogen-bond donors (Lipinski definition) is 1. The normalized spacial score (nSPS) is 15.0. The molecule has 43 heavy (non-hydrogen) atoms. The number of ether oxygens (including phenoxy) is 2. The van der Waals surface area contributed by atoms with E-state index in [2.05, 4.69) is 10.3 Å². The molecule has 230 valence electrons. The fraction of sp³-hybridized carbons (Fsp3) is 0.441.